The van der Waals surface area contributed by atoms with Crippen LogP contribution in [0.15, 0.2) is 17.0 Å². The maximum Gasteiger partial charge on any atom is 0.0269 e. The van der Waals surface area contributed by atoms with Gasteiger partial charge >= 0.3 is 0 Å². The quantitative estimate of drug-likeness (QED) is 0.540. The van der Waals surface area contributed by atoms with Gasteiger partial charge in [0.1, 0.15) is 0 Å². The lowest BCUT2D eigenvalue weighted by molar-refractivity contribution is 1.24. The number of hydrogen-bond donors (Lipinski definition) is 1. The molecule has 0 aromatic heterocycles. The van der Waals surface area contributed by atoms with Gasteiger partial charge in [-0.05, 0) is 53.6 Å². The molecule has 0 spiro atoms. The summed E-state index contributed by atoms with van der Waals surface area (Å²) in [4.78, 5) is 1.10. The van der Waals surface area contributed by atoms with Crippen molar-refractivity contribution in [1.82, 2.24) is 0 Å². The molecular weight excluding hydrogens is 255 g/mol. The van der Waals surface area contributed by atoms with E-state index in [9.17, 15) is 0 Å². The zero-order valence-corrected chi connectivity index (χ0v) is 9.03. The molecule has 2 heteroatoms. The Balaban J connectivity index is 3.31. The Labute approximate surface area is 80.6 Å². The van der Waals surface area contributed by atoms with Crippen molar-refractivity contribution in [3.05, 3.63) is 26.8 Å². The SMILES string of the molecule is Cc1cc(C)c(S)c(I)c1. The molecule has 0 bridgehead atoms. The summed E-state index contributed by atoms with van der Waals surface area (Å²) in [5, 5.41) is 0. The molecule has 0 unspecified atom stereocenters. The minimum Gasteiger partial charge on any atom is -0.142 e. The zero-order chi connectivity index (χ0) is 7.72. The fourth-order valence-electron chi connectivity index (χ4n) is 0.908. The van der Waals surface area contributed by atoms with Gasteiger partial charge in [-0.1, -0.05) is 6.07 Å². The fraction of sp³-hybridized carbons (Fsp3) is 0.250. The topological polar surface area (TPSA) is 0 Å². The van der Waals surface area contributed by atoms with Crippen molar-refractivity contribution in [2.75, 3.05) is 0 Å². The summed E-state index contributed by atoms with van der Waals surface area (Å²) in [6, 6.07) is 4.28. The third-order valence-corrected chi connectivity index (χ3v) is 3.27. The minimum absolute atomic E-state index is 1.10. The third kappa shape index (κ3) is 1.66. The Hall–Kier alpha value is 0.300. The van der Waals surface area contributed by atoms with Crippen molar-refractivity contribution in [1.29, 1.82) is 0 Å². The molecule has 1 aromatic rings. The number of thiol groups is 1. The van der Waals surface area contributed by atoms with E-state index in [1.165, 1.54) is 14.7 Å². The molecule has 0 atom stereocenters. The first kappa shape index (κ1) is 8.40. The molecule has 0 N–H and O–H groups in total. The van der Waals surface area contributed by atoms with Crippen molar-refractivity contribution in [3.63, 3.8) is 0 Å². The highest BCUT2D eigenvalue weighted by Gasteiger charge is 1.98. The van der Waals surface area contributed by atoms with Crippen LogP contribution in [-0.4, -0.2) is 0 Å². The van der Waals surface area contributed by atoms with E-state index in [4.69, 9.17) is 0 Å². The van der Waals surface area contributed by atoms with Gasteiger partial charge in [-0.25, -0.2) is 0 Å². The predicted molar refractivity (Wildman–Crippen MR) is 55.9 cm³/mol. The summed E-state index contributed by atoms with van der Waals surface area (Å²) >= 11 is 6.65. The summed E-state index contributed by atoms with van der Waals surface area (Å²) < 4.78 is 1.23. The Morgan fingerprint density at radius 3 is 2.40 bits per heavy atom. The lowest BCUT2D eigenvalue weighted by atomic mass is 10.2. The van der Waals surface area contributed by atoms with Crippen molar-refractivity contribution < 1.29 is 0 Å². The summed E-state index contributed by atoms with van der Waals surface area (Å²) in [7, 11) is 0. The Morgan fingerprint density at radius 1 is 1.30 bits per heavy atom. The maximum absolute atomic E-state index is 4.35. The van der Waals surface area contributed by atoms with E-state index in [2.05, 4.69) is 61.2 Å². The maximum atomic E-state index is 4.35. The summed E-state index contributed by atoms with van der Waals surface area (Å²) in [5.74, 6) is 0. The average molecular weight is 264 g/mol. The first-order valence-electron chi connectivity index (χ1n) is 3.07. The van der Waals surface area contributed by atoms with Crippen molar-refractivity contribution >= 4 is 35.2 Å². The van der Waals surface area contributed by atoms with Crippen molar-refractivity contribution in [2.24, 2.45) is 0 Å². The first-order chi connectivity index (χ1) is 4.61. The van der Waals surface area contributed by atoms with Crippen LogP contribution in [0.25, 0.3) is 0 Å². The Morgan fingerprint density at radius 2 is 1.90 bits per heavy atom. The van der Waals surface area contributed by atoms with Crippen LogP contribution in [0.1, 0.15) is 11.1 Å². The fourth-order valence-corrected chi connectivity index (χ4v) is 1.95. The van der Waals surface area contributed by atoms with Crippen LogP contribution >= 0.6 is 35.2 Å². The highest BCUT2D eigenvalue weighted by Crippen LogP contribution is 2.21. The van der Waals surface area contributed by atoms with Crippen LogP contribution in [0.2, 0.25) is 0 Å². The third-order valence-electron chi connectivity index (χ3n) is 1.40. The van der Waals surface area contributed by atoms with Crippen LogP contribution < -0.4 is 0 Å². The number of benzene rings is 1. The van der Waals surface area contributed by atoms with Crippen LogP contribution in [0.5, 0.6) is 0 Å². The normalized spacial score (nSPS) is 10.0. The summed E-state index contributed by atoms with van der Waals surface area (Å²) in [6.07, 6.45) is 0. The minimum atomic E-state index is 1.10. The van der Waals surface area contributed by atoms with E-state index in [-0.39, 0.29) is 0 Å². The Bertz CT molecular complexity index is 232. The summed E-state index contributed by atoms with van der Waals surface area (Å²) in [6.45, 7) is 4.18. The van der Waals surface area contributed by atoms with Gasteiger partial charge in [0, 0.05) is 8.47 Å². The molecule has 0 aliphatic rings. The van der Waals surface area contributed by atoms with Crippen LogP contribution in [0.3, 0.4) is 0 Å². The molecule has 0 aliphatic carbocycles. The van der Waals surface area contributed by atoms with Crippen LogP contribution in [-0.2, 0) is 0 Å². The second-order valence-electron chi connectivity index (χ2n) is 2.41. The molecule has 0 saturated heterocycles. The molecule has 10 heavy (non-hydrogen) atoms. The average Bonchev–Trinajstić information content (AvgIpc) is 1.82. The molecule has 0 amide bonds. The Kier molecular flexibility index (Phi) is 2.63. The zero-order valence-electron chi connectivity index (χ0n) is 5.98. The van der Waals surface area contributed by atoms with Crippen LogP contribution in [0, 0.1) is 17.4 Å². The lowest BCUT2D eigenvalue weighted by Gasteiger charge is -2.02. The molecule has 54 valence electrons. The van der Waals surface area contributed by atoms with Crippen LogP contribution in [0.4, 0.5) is 0 Å². The van der Waals surface area contributed by atoms with Crippen molar-refractivity contribution in [2.45, 2.75) is 18.7 Å². The molecule has 1 rings (SSSR count). The predicted octanol–water partition coefficient (Wildman–Crippen LogP) is 3.20. The highest BCUT2D eigenvalue weighted by atomic mass is 127. The van der Waals surface area contributed by atoms with Gasteiger partial charge in [0.2, 0.25) is 0 Å². The standard InChI is InChI=1S/C8H9IS/c1-5-3-6(2)8(10)7(9)4-5/h3-4,10H,1-2H3. The summed E-state index contributed by atoms with van der Waals surface area (Å²) in [5.41, 5.74) is 2.56. The van der Waals surface area contributed by atoms with E-state index in [0.29, 0.717) is 0 Å². The van der Waals surface area contributed by atoms with Gasteiger partial charge in [-0.3, -0.25) is 0 Å². The number of rotatable bonds is 0. The number of aryl methyl sites for hydroxylation is 2. The van der Waals surface area contributed by atoms with Gasteiger partial charge in [0.15, 0.2) is 0 Å². The largest absolute Gasteiger partial charge is 0.142 e. The molecular formula is C8H9IS. The van der Waals surface area contributed by atoms with Gasteiger partial charge in [-0.15, -0.1) is 12.6 Å². The molecule has 0 aliphatic heterocycles. The lowest BCUT2D eigenvalue weighted by Crippen LogP contribution is -1.83. The van der Waals surface area contributed by atoms with Gasteiger partial charge in [0.25, 0.3) is 0 Å². The van der Waals surface area contributed by atoms with Gasteiger partial charge < -0.3 is 0 Å². The number of halogens is 1. The van der Waals surface area contributed by atoms with Gasteiger partial charge in [-0.2, -0.15) is 0 Å². The van der Waals surface area contributed by atoms with Crippen molar-refractivity contribution in [3.8, 4) is 0 Å². The molecule has 0 heterocycles. The number of hydrogen-bond acceptors (Lipinski definition) is 1. The molecule has 0 nitrogen and oxygen atoms in total. The van der Waals surface area contributed by atoms with E-state index >= 15 is 0 Å². The highest BCUT2D eigenvalue weighted by molar-refractivity contribution is 14.1. The van der Waals surface area contributed by atoms with Gasteiger partial charge in [0.05, 0.1) is 0 Å². The molecule has 0 fully saturated rings. The van der Waals surface area contributed by atoms with E-state index in [1.807, 2.05) is 0 Å². The monoisotopic (exact) mass is 264 g/mol. The molecule has 0 radical (unpaired) electrons. The second kappa shape index (κ2) is 3.13. The smallest absolute Gasteiger partial charge is 0.0269 e. The molecule has 1 aromatic carbocycles. The van der Waals surface area contributed by atoms with E-state index in [1.54, 1.807) is 0 Å². The van der Waals surface area contributed by atoms with E-state index in [0.717, 1.165) is 4.90 Å². The first-order valence-corrected chi connectivity index (χ1v) is 4.59. The molecule has 0 saturated carbocycles. The second-order valence-corrected chi connectivity index (χ2v) is 4.02. The van der Waals surface area contributed by atoms with E-state index < -0.39 is 0 Å².